The molecule has 0 N–H and O–H groups in total. The van der Waals surface area contributed by atoms with Crippen LogP contribution in [0.25, 0.3) is 0 Å². The highest BCUT2D eigenvalue weighted by molar-refractivity contribution is 7.98. The van der Waals surface area contributed by atoms with E-state index in [9.17, 15) is 0 Å². The van der Waals surface area contributed by atoms with Gasteiger partial charge in [0.2, 0.25) is 0 Å². The molecule has 12 heteroatoms. The Hall–Kier alpha value is -0.385. The highest BCUT2D eigenvalue weighted by Gasteiger charge is 2.63. The van der Waals surface area contributed by atoms with E-state index in [1.807, 2.05) is 108 Å². The molecule has 0 atom stereocenters. The van der Waals surface area contributed by atoms with E-state index in [0.717, 1.165) is 11.2 Å². The molecule has 0 unspecified atom stereocenters. The zero-order chi connectivity index (χ0) is 29.7. The zero-order valence-corrected chi connectivity index (χ0v) is 27.6. The van der Waals surface area contributed by atoms with E-state index in [1.54, 1.807) is 11.8 Å². The summed E-state index contributed by atoms with van der Waals surface area (Å²) in [4.78, 5) is 0. The molecule has 3 fully saturated rings. The first-order valence-corrected chi connectivity index (χ1v) is 15.4. The summed E-state index contributed by atoms with van der Waals surface area (Å²) >= 11 is 7.92. The van der Waals surface area contributed by atoms with Gasteiger partial charge in [-0.1, -0.05) is 17.7 Å². The first-order chi connectivity index (χ1) is 17.6. The zero-order valence-electron chi connectivity index (χ0n) is 26.0. The van der Waals surface area contributed by atoms with Crippen molar-refractivity contribution in [2.45, 2.75) is 117 Å². The fraction of sp³-hybridized carbons (Fsp3) is 0.778. The van der Waals surface area contributed by atoms with Crippen molar-refractivity contribution in [3.8, 4) is 5.75 Å². The first-order valence-electron chi connectivity index (χ1n) is 13.6. The van der Waals surface area contributed by atoms with Gasteiger partial charge in [0.1, 0.15) is 5.75 Å². The molecule has 3 aliphatic heterocycles. The Kier molecular flexibility index (Phi) is 9.65. The van der Waals surface area contributed by atoms with Crippen molar-refractivity contribution in [2.75, 3.05) is 18.6 Å². The molecule has 7 nitrogen and oxygen atoms in total. The predicted octanol–water partition coefficient (Wildman–Crippen LogP) is 5.63. The number of benzene rings is 1. The fourth-order valence-electron chi connectivity index (χ4n) is 3.99. The van der Waals surface area contributed by atoms with Crippen LogP contribution in [0.3, 0.4) is 0 Å². The van der Waals surface area contributed by atoms with Gasteiger partial charge in [0.25, 0.3) is 0 Å². The SMILES string of the molecule is CC1(C)OB(B2OC(C)(C)C(C)(C)O2)OC1(C)C.CSCCOc1cc(B2OC(C)(C)C(C)(C)O2)ccc1Cl. The smallest absolute Gasteiger partial charge is 0.491 e. The molecule has 4 rings (SSSR count). The second-order valence-electron chi connectivity index (χ2n) is 13.4. The molecule has 0 amide bonds. The maximum absolute atomic E-state index is 6.18. The normalized spacial score (nSPS) is 25.4. The highest BCUT2D eigenvalue weighted by Crippen LogP contribution is 2.43. The number of ether oxygens (including phenoxy) is 1. The Bertz CT molecular complexity index is 937. The van der Waals surface area contributed by atoms with Crippen LogP contribution in [-0.2, 0) is 27.9 Å². The molecule has 1 aromatic carbocycles. The van der Waals surface area contributed by atoms with Crippen LogP contribution < -0.4 is 10.2 Å². The van der Waals surface area contributed by atoms with Gasteiger partial charge in [0.05, 0.1) is 45.2 Å². The fourth-order valence-corrected chi connectivity index (χ4v) is 4.41. The van der Waals surface area contributed by atoms with Crippen molar-refractivity contribution < 1.29 is 32.7 Å². The molecule has 0 aliphatic carbocycles. The Morgan fingerprint density at radius 3 is 1.44 bits per heavy atom. The van der Waals surface area contributed by atoms with Crippen LogP contribution in [0.2, 0.25) is 5.02 Å². The van der Waals surface area contributed by atoms with Crippen molar-refractivity contribution in [3.63, 3.8) is 0 Å². The highest BCUT2D eigenvalue weighted by atomic mass is 35.5. The molecule has 0 bridgehead atoms. The molecular weight excluding hydrogens is 536 g/mol. The average molecular weight is 583 g/mol. The van der Waals surface area contributed by atoms with E-state index in [0.29, 0.717) is 17.4 Å². The van der Waals surface area contributed by atoms with Crippen LogP contribution in [0, 0.1) is 0 Å². The predicted molar refractivity (Wildman–Crippen MR) is 163 cm³/mol. The van der Waals surface area contributed by atoms with Crippen molar-refractivity contribution in [1.29, 1.82) is 0 Å². The van der Waals surface area contributed by atoms with Gasteiger partial charge in [-0.2, -0.15) is 11.8 Å². The van der Waals surface area contributed by atoms with Gasteiger partial charge in [-0.05, 0) is 107 Å². The summed E-state index contributed by atoms with van der Waals surface area (Å²) in [6.45, 7) is 25.0. The van der Waals surface area contributed by atoms with Crippen LogP contribution in [0.1, 0.15) is 83.1 Å². The van der Waals surface area contributed by atoms with E-state index in [-0.39, 0.29) is 33.6 Å². The van der Waals surface area contributed by atoms with Crippen molar-refractivity contribution in [3.05, 3.63) is 23.2 Å². The summed E-state index contributed by atoms with van der Waals surface area (Å²) in [5.74, 6) is 1.61. The Labute approximate surface area is 246 Å². The minimum absolute atomic E-state index is 0.350. The maximum Gasteiger partial charge on any atom is 0.494 e. The monoisotopic (exact) mass is 582 g/mol. The van der Waals surface area contributed by atoms with E-state index in [4.69, 9.17) is 44.3 Å². The number of hydrogen-bond acceptors (Lipinski definition) is 8. The third-order valence-electron chi connectivity index (χ3n) is 8.79. The molecule has 3 aliphatic rings. The van der Waals surface area contributed by atoms with Crippen molar-refractivity contribution >= 4 is 50.0 Å². The van der Waals surface area contributed by atoms with Crippen LogP contribution in [0.5, 0.6) is 5.75 Å². The van der Waals surface area contributed by atoms with Gasteiger partial charge in [0, 0.05) is 5.75 Å². The van der Waals surface area contributed by atoms with Gasteiger partial charge < -0.3 is 32.7 Å². The molecule has 39 heavy (non-hydrogen) atoms. The molecule has 3 heterocycles. The lowest BCUT2D eigenvalue weighted by Gasteiger charge is -2.32. The topological polar surface area (TPSA) is 64.6 Å². The van der Waals surface area contributed by atoms with Crippen LogP contribution in [-0.4, -0.2) is 73.4 Å². The lowest BCUT2D eigenvalue weighted by Crippen LogP contribution is -2.41. The summed E-state index contributed by atoms with van der Waals surface area (Å²) in [6.07, 6.45) is 2.05. The molecule has 3 saturated heterocycles. The summed E-state index contributed by atoms with van der Waals surface area (Å²) < 4.78 is 41.7. The Morgan fingerprint density at radius 2 is 1.05 bits per heavy atom. The molecule has 0 spiro atoms. The second kappa shape index (κ2) is 11.4. The minimum atomic E-state index is -0.476. The molecule has 218 valence electrons. The van der Waals surface area contributed by atoms with E-state index < -0.39 is 21.1 Å². The lowest BCUT2D eigenvalue weighted by molar-refractivity contribution is 0.00578. The van der Waals surface area contributed by atoms with Gasteiger partial charge in [-0.3, -0.25) is 0 Å². The summed E-state index contributed by atoms with van der Waals surface area (Å²) in [5, 5.41) is 0.608. The minimum Gasteiger partial charge on any atom is -0.491 e. The van der Waals surface area contributed by atoms with Crippen LogP contribution in [0.4, 0.5) is 0 Å². The molecule has 0 saturated carbocycles. The maximum atomic E-state index is 6.18. The molecule has 1 aromatic rings. The standard InChI is InChI=1S/C15H22BClO3S.C12H24B2O4/c1-14(2)15(3,4)20-16(19-14)11-6-7-12(17)13(10-11)18-8-9-21-5;1-9(2)10(3,4)16-13(15-9)14-17-11(5,6)12(7,8)18-14/h6-7,10H,8-9H2,1-5H3;1-8H3. The Morgan fingerprint density at radius 1 is 0.667 bits per heavy atom. The van der Waals surface area contributed by atoms with Crippen molar-refractivity contribution in [1.82, 2.24) is 0 Å². The van der Waals surface area contributed by atoms with Gasteiger partial charge in [-0.15, -0.1) is 0 Å². The third kappa shape index (κ3) is 6.99. The molecular formula is C27H46B3ClO7S. The van der Waals surface area contributed by atoms with E-state index in [1.165, 1.54) is 0 Å². The van der Waals surface area contributed by atoms with Crippen LogP contribution in [0.15, 0.2) is 18.2 Å². The van der Waals surface area contributed by atoms with Crippen molar-refractivity contribution in [2.24, 2.45) is 0 Å². The molecule has 0 aromatic heterocycles. The summed E-state index contributed by atoms with van der Waals surface area (Å²) in [5.41, 5.74) is -1.21. The Balaban J connectivity index is 0.000000218. The van der Waals surface area contributed by atoms with Gasteiger partial charge in [-0.25, -0.2) is 0 Å². The number of rotatable bonds is 6. The number of hydrogen-bond donors (Lipinski definition) is 0. The van der Waals surface area contributed by atoms with Crippen LogP contribution >= 0.6 is 23.4 Å². The summed E-state index contributed by atoms with van der Waals surface area (Å²) in [7, 11) is -1.35. The largest absolute Gasteiger partial charge is 0.494 e. The third-order valence-corrected chi connectivity index (χ3v) is 9.68. The second-order valence-corrected chi connectivity index (χ2v) is 14.8. The first kappa shape index (κ1) is 33.1. The lowest BCUT2D eigenvalue weighted by atomic mass is 9.49. The number of thioether (sulfide) groups is 1. The number of halogens is 1. The summed E-state index contributed by atoms with van der Waals surface area (Å²) in [6, 6.07) is 5.66. The van der Waals surface area contributed by atoms with E-state index in [2.05, 4.69) is 0 Å². The molecule has 0 radical (unpaired) electrons. The average Bonchev–Trinajstić information content (AvgIpc) is 3.24. The van der Waals surface area contributed by atoms with Gasteiger partial charge in [0.15, 0.2) is 0 Å². The van der Waals surface area contributed by atoms with E-state index >= 15 is 0 Å². The quantitative estimate of drug-likeness (QED) is 0.316. The van der Waals surface area contributed by atoms with Gasteiger partial charge >= 0.3 is 21.1 Å².